The van der Waals surface area contributed by atoms with Gasteiger partial charge in [-0.3, -0.25) is 14.4 Å². The van der Waals surface area contributed by atoms with Gasteiger partial charge in [-0.25, -0.2) is 0 Å². The van der Waals surface area contributed by atoms with Crippen molar-refractivity contribution in [2.45, 2.75) is 0 Å². The minimum absolute atomic E-state index is 0.407. The van der Waals surface area contributed by atoms with Gasteiger partial charge in [0.25, 0.3) is 0 Å². The lowest BCUT2D eigenvalue weighted by molar-refractivity contribution is -0.136. The Morgan fingerprint density at radius 3 is 1.94 bits per heavy atom. The van der Waals surface area contributed by atoms with E-state index in [-0.39, 0.29) is 0 Å². The molecule has 0 bridgehead atoms. The standard InChI is InChI=1S/C12H11Cl2NO3/c13-6-9(16)11(10(17)7-14)12(18)15-8-4-2-1-3-5-8/h1-5,11H,6-7H2,(H,15,18). The van der Waals surface area contributed by atoms with E-state index >= 15 is 0 Å². The molecule has 0 spiro atoms. The van der Waals surface area contributed by atoms with Crippen LogP contribution in [0.15, 0.2) is 30.3 Å². The molecule has 1 aromatic carbocycles. The molecule has 1 amide bonds. The number of alkyl halides is 2. The van der Waals surface area contributed by atoms with Crippen LogP contribution in [0.2, 0.25) is 0 Å². The number of nitrogens with one attached hydrogen (secondary N) is 1. The summed E-state index contributed by atoms with van der Waals surface area (Å²) in [5, 5.41) is 2.47. The summed E-state index contributed by atoms with van der Waals surface area (Å²) >= 11 is 10.7. The Kier molecular flexibility index (Phi) is 5.82. The fourth-order valence-electron chi connectivity index (χ4n) is 1.36. The van der Waals surface area contributed by atoms with Gasteiger partial charge in [0, 0.05) is 5.69 Å². The second-order valence-corrected chi connectivity index (χ2v) is 4.02. The predicted molar refractivity (Wildman–Crippen MR) is 70.0 cm³/mol. The second kappa shape index (κ2) is 7.13. The van der Waals surface area contributed by atoms with Gasteiger partial charge in [0.05, 0.1) is 11.8 Å². The van der Waals surface area contributed by atoms with Crippen molar-refractivity contribution < 1.29 is 14.4 Å². The predicted octanol–water partition coefficient (Wildman–Crippen LogP) is 1.86. The zero-order valence-electron chi connectivity index (χ0n) is 9.36. The molecule has 0 aromatic heterocycles. The van der Waals surface area contributed by atoms with Crippen molar-refractivity contribution in [2.75, 3.05) is 17.1 Å². The summed E-state index contributed by atoms with van der Waals surface area (Å²) in [6.45, 7) is 0. The maximum Gasteiger partial charge on any atom is 0.242 e. The van der Waals surface area contributed by atoms with Crippen LogP contribution in [0, 0.1) is 5.92 Å². The number of hydrogen-bond donors (Lipinski definition) is 1. The van der Waals surface area contributed by atoms with Crippen molar-refractivity contribution in [3.8, 4) is 0 Å². The minimum Gasteiger partial charge on any atom is -0.325 e. The summed E-state index contributed by atoms with van der Waals surface area (Å²) in [7, 11) is 0. The van der Waals surface area contributed by atoms with Crippen LogP contribution in [-0.2, 0) is 14.4 Å². The highest BCUT2D eigenvalue weighted by molar-refractivity contribution is 6.38. The number of anilines is 1. The lowest BCUT2D eigenvalue weighted by atomic mass is 9.99. The second-order valence-electron chi connectivity index (χ2n) is 3.49. The van der Waals surface area contributed by atoms with E-state index in [4.69, 9.17) is 23.2 Å². The van der Waals surface area contributed by atoms with E-state index in [1.165, 1.54) is 0 Å². The van der Waals surface area contributed by atoms with Gasteiger partial charge >= 0.3 is 0 Å². The number of carbonyl (C=O) groups excluding carboxylic acids is 3. The largest absolute Gasteiger partial charge is 0.325 e. The van der Waals surface area contributed by atoms with Gasteiger partial charge in [0.2, 0.25) is 5.91 Å². The fraction of sp³-hybridized carbons (Fsp3) is 0.250. The number of rotatable bonds is 6. The third-order valence-corrected chi connectivity index (χ3v) is 2.74. The Balaban J connectivity index is 2.83. The average Bonchev–Trinajstić information content (AvgIpc) is 2.39. The summed E-state index contributed by atoms with van der Waals surface area (Å²) in [5.74, 6) is -4.28. The van der Waals surface area contributed by atoms with E-state index < -0.39 is 35.2 Å². The summed E-state index contributed by atoms with van der Waals surface area (Å²) in [5.41, 5.74) is 0.497. The molecule has 0 fully saturated rings. The normalized spacial score (nSPS) is 10.2. The molecule has 0 aliphatic heterocycles. The number of ketones is 2. The van der Waals surface area contributed by atoms with Crippen LogP contribution in [0.25, 0.3) is 0 Å². The van der Waals surface area contributed by atoms with Crippen molar-refractivity contribution >= 4 is 46.4 Å². The van der Waals surface area contributed by atoms with Crippen LogP contribution in [-0.4, -0.2) is 29.2 Å². The molecule has 1 aromatic rings. The molecule has 1 N–H and O–H groups in total. The Hall–Kier alpha value is -1.39. The highest BCUT2D eigenvalue weighted by atomic mass is 35.5. The van der Waals surface area contributed by atoms with Crippen LogP contribution in [0.5, 0.6) is 0 Å². The quantitative estimate of drug-likeness (QED) is 0.642. The number of benzene rings is 1. The SMILES string of the molecule is O=C(CCl)C(C(=O)CCl)C(=O)Nc1ccccc1. The van der Waals surface area contributed by atoms with Crippen LogP contribution in [0.3, 0.4) is 0 Å². The zero-order chi connectivity index (χ0) is 13.5. The molecule has 0 atom stereocenters. The number of hydrogen-bond acceptors (Lipinski definition) is 3. The first-order chi connectivity index (χ1) is 8.60. The van der Waals surface area contributed by atoms with Crippen molar-refractivity contribution in [3.63, 3.8) is 0 Å². The molecule has 0 radical (unpaired) electrons. The number of Topliss-reactive ketones (excluding diaryl/α,β-unsaturated/α-hetero) is 2. The molecular formula is C12H11Cl2NO3. The number of para-hydroxylation sites is 1. The van der Waals surface area contributed by atoms with Gasteiger partial charge in [-0.1, -0.05) is 18.2 Å². The Morgan fingerprint density at radius 2 is 1.50 bits per heavy atom. The van der Waals surface area contributed by atoms with Gasteiger partial charge in [-0.15, -0.1) is 23.2 Å². The summed E-state index contributed by atoms with van der Waals surface area (Å²) < 4.78 is 0. The fourth-order valence-corrected chi connectivity index (χ4v) is 1.67. The summed E-state index contributed by atoms with van der Waals surface area (Å²) in [6.07, 6.45) is 0. The molecule has 96 valence electrons. The molecule has 0 unspecified atom stereocenters. The van der Waals surface area contributed by atoms with Gasteiger partial charge in [-0.2, -0.15) is 0 Å². The van der Waals surface area contributed by atoms with Crippen molar-refractivity contribution in [3.05, 3.63) is 30.3 Å². The molecule has 6 heteroatoms. The van der Waals surface area contributed by atoms with Crippen molar-refractivity contribution in [2.24, 2.45) is 5.92 Å². The third-order valence-electron chi connectivity index (χ3n) is 2.21. The molecule has 18 heavy (non-hydrogen) atoms. The van der Waals surface area contributed by atoms with Gasteiger partial charge in [0.15, 0.2) is 17.5 Å². The Bertz CT molecular complexity index is 432. The lowest BCUT2D eigenvalue weighted by Crippen LogP contribution is -2.37. The highest BCUT2D eigenvalue weighted by Gasteiger charge is 2.32. The molecule has 1 rings (SSSR count). The van der Waals surface area contributed by atoms with Crippen molar-refractivity contribution in [1.29, 1.82) is 0 Å². The van der Waals surface area contributed by atoms with Crippen LogP contribution < -0.4 is 5.32 Å². The molecule has 0 aliphatic carbocycles. The lowest BCUT2D eigenvalue weighted by Gasteiger charge is -2.12. The van der Waals surface area contributed by atoms with Crippen LogP contribution >= 0.6 is 23.2 Å². The maximum absolute atomic E-state index is 11.8. The first kappa shape index (κ1) is 14.7. The maximum atomic E-state index is 11.8. The van der Waals surface area contributed by atoms with Crippen LogP contribution in [0.4, 0.5) is 5.69 Å². The van der Waals surface area contributed by atoms with Gasteiger partial charge in [-0.05, 0) is 12.1 Å². The topological polar surface area (TPSA) is 63.2 Å². The summed E-state index contributed by atoms with van der Waals surface area (Å²) in [6, 6.07) is 8.51. The van der Waals surface area contributed by atoms with E-state index in [0.717, 1.165) is 0 Å². The first-order valence-corrected chi connectivity index (χ1v) is 6.20. The molecule has 0 aliphatic rings. The highest BCUT2D eigenvalue weighted by Crippen LogP contribution is 2.11. The van der Waals surface area contributed by atoms with E-state index in [2.05, 4.69) is 5.32 Å². The molecule has 0 saturated heterocycles. The Morgan fingerprint density at radius 1 is 1.00 bits per heavy atom. The Labute approximate surface area is 114 Å². The number of amides is 1. The number of carbonyl (C=O) groups is 3. The van der Waals surface area contributed by atoms with Crippen LogP contribution in [0.1, 0.15) is 0 Å². The van der Waals surface area contributed by atoms with E-state index in [1.807, 2.05) is 0 Å². The third kappa shape index (κ3) is 3.82. The van der Waals surface area contributed by atoms with E-state index in [1.54, 1.807) is 30.3 Å². The molecule has 0 heterocycles. The molecular weight excluding hydrogens is 277 g/mol. The first-order valence-electron chi connectivity index (χ1n) is 5.13. The zero-order valence-corrected chi connectivity index (χ0v) is 10.9. The molecule has 4 nitrogen and oxygen atoms in total. The number of halogens is 2. The minimum atomic E-state index is -1.44. The summed E-state index contributed by atoms with van der Waals surface area (Å²) in [4.78, 5) is 34.8. The van der Waals surface area contributed by atoms with E-state index in [9.17, 15) is 14.4 Å². The van der Waals surface area contributed by atoms with E-state index in [0.29, 0.717) is 5.69 Å². The average molecular weight is 288 g/mol. The van der Waals surface area contributed by atoms with Gasteiger partial charge in [0.1, 0.15) is 0 Å². The monoisotopic (exact) mass is 287 g/mol. The smallest absolute Gasteiger partial charge is 0.242 e. The van der Waals surface area contributed by atoms with Gasteiger partial charge < -0.3 is 5.32 Å². The molecule has 0 saturated carbocycles. The van der Waals surface area contributed by atoms with Crippen molar-refractivity contribution in [1.82, 2.24) is 0 Å².